The number of amides is 1. The van der Waals surface area contributed by atoms with Gasteiger partial charge in [0.25, 0.3) is 5.91 Å². The van der Waals surface area contributed by atoms with Gasteiger partial charge in [-0.3, -0.25) is 9.80 Å². The van der Waals surface area contributed by atoms with Crippen molar-refractivity contribution in [1.29, 1.82) is 0 Å². The van der Waals surface area contributed by atoms with E-state index in [1.165, 1.54) is 19.3 Å². The molecule has 0 spiro atoms. The minimum absolute atomic E-state index is 0.0523. The molecule has 0 radical (unpaired) electrons. The number of benzene rings is 2. The summed E-state index contributed by atoms with van der Waals surface area (Å²) in [4.78, 5) is 12.9. The Morgan fingerprint density at radius 1 is 1.07 bits per heavy atom. The molecule has 1 fully saturated rings. The van der Waals surface area contributed by atoms with Crippen molar-refractivity contribution in [2.24, 2.45) is 5.10 Å². The molecule has 2 aromatic rings. The number of nitrogens with zero attached hydrogens (tertiary/aromatic N) is 2. The van der Waals surface area contributed by atoms with Crippen LogP contribution >= 0.6 is 27.5 Å². The van der Waals surface area contributed by atoms with Gasteiger partial charge in [0.1, 0.15) is 5.71 Å². The molecule has 4 nitrogen and oxygen atoms in total. The topological polar surface area (TPSA) is 44.7 Å². The molecule has 0 saturated heterocycles. The van der Waals surface area contributed by atoms with Gasteiger partial charge in [0.2, 0.25) is 0 Å². The molecule has 1 aliphatic heterocycles. The Morgan fingerprint density at radius 2 is 1.79 bits per heavy atom. The molecule has 2 aliphatic rings. The summed E-state index contributed by atoms with van der Waals surface area (Å²) in [6.07, 6.45) is 6.31. The Kier molecular flexibility index (Phi) is 6.02. The minimum atomic E-state index is -0.0555. The summed E-state index contributed by atoms with van der Waals surface area (Å²) < 4.78 is 1.02. The molecule has 1 unspecified atom stereocenters. The van der Waals surface area contributed by atoms with Crippen LogP contribution in [0.25, 0.3) is 0 Å². The van der Waals surface area contributed by atoms with Crippen molar-refractivity contribution in [2.45, 2.75) is 50.6 Å². The molecule has 6 heteroatoms. The first-order chi connectivity index (χ1) is 13.6. The highest BCUT2D eigenvalue weighted by atomic mass is 79.9. The predicted octanol–water partition coefficient (Wildman–Crippen LogP) is 5.86. The predicted molar refractivity (Wildman–Crippen MR) is 118 cm³/mol. The van der Waals surface area contributed by atoms with Crippen LogP contribution in [0.1, 0.15) is 50.1 Å². The Balaban J connectivity index is 1.61. The SMILES string of the molecule is O=C(NC1CCCCC1)C1=NN(c2ccccc2Cl)C(c2ccc(Br)cc2)C1. The molecule has 4 rings (SSSR count). The van der Waals surface area contributed by atoms with E-state index in [0.717, 1.165) is 28.6 Å². The molecular weight excluding hydrogens is 438 g/mol. The molecule has 0 aromatic heterocycles. The van der Waals surface area contributed by atoms with Crippen LogP contribution in [-0.2, 0) is 4.79 Å². The monoisotopic (exact) mass is 459 g/mol. The Morgan fingerprint density at radius 3 is 2.50 bits per heavy atom. The quantitative estimate of drug-likeness (QED) is 0.621. The lowest BCUT2D eigenvalue weighted by Crippen LogP contribution is -2.39. The summed E-state index contributed by atoms with van der Waals surface area (Å²) in [6.45, 7) is 0. The lowest BCUT2D eigenvalue weighted by Gasteiger charge is -2.24. The largest absolute Gasteiger partial charge is 0.348 e. The van der Waals surface area contributed by atoms with Crippen LogP contribution in [0.3, 0.4) is 0 Å². The number of carbonyl (C=O) groups excluding carboxylic acids is 1. The molecule has 1 atom stereocenters. The summed E-state index contributed by atoms with van der Waals surface area (Å²) in [7, 11) is 0. The van der Waals surface area contributed by atoms with E-state index >= 15 is 0 Å². The third kappa shape index (κ3) is 4.26. The van der Waals surface area contributed by atoms with Gasteiger partial charge < -0.3 is 5.32 Å². The molecule has 1 heterocycles. The van der Waals surface area contributed by atoms with E-state index in [9.17, 15) is 4.79 Å². The van der Waals surface area contributed by atoms with Crippen LogP contribution in [0.4, 0.5) is 5.69 Å². The van der Waals surface area contributed by atoms with E-state index in [1.54, 1.807) is 0 Å². The van der Waals surface area contributed by atoms with Gasteiger partial charge >= 0.3 is 0 Å². The minimum Gasteiger partial charge on any atom is -0.348 e. The zero-order valence-electron chi connectivity index (χ0n) is 15.6. The number of nitrogens with one attached hydrogen (secondary N) is 1. The van der Waals surface area contributed by atoms with Crippen molar-refractivity contribution >= 4 is 44.8 Å². The van der Waals surface area contributed by atoms with Crippen LogP contribution in [0.2, 0.25) is 5.02 Å². The first-order valence-corrected chi connectivity index (χ1v) is 11.0. The number of halogens is 2. The summed E-state index contributed by atoms with van der Waals surface area (Å²) in [5.41, 5.74) is 2.49. The third-order valence-corrected chi connectivity index (χ3v) is 6.32. The molecule has 0 bridgehead atoms. The Hall–Kier alpha value is -1.85. The van der Waals surface area contributed by atoms with E-state index < -0.39 is 0 Å². The number of hydrogen-bond donors (Lipinski definition) is 1. The molecule has 146 valence electrons. The standard InChI is InChI=1S/C22H23BrClN3O/c23-16-12-10-15(11-13-16)21-14-19(22(28)25-17-6-2-1-3-7-17)26-27(21)20-9-5-4-8-18(20)24/h4-5,8-13,17,21H,1-3,6-7,14H2,(H,25,28). The number of anilines is 1. The maximum atomic E-state index is 12.9. The Labute approximate surface area is 179 Å². The highest BCUT2D eigenvalue weighted by Gasteiger charge is 2.34. The lowest BCUT2D eigenvalue weighted by molar-refractivity contribution is -0.115. The van der Waals surface area contributed by atoms with E-state index in [-0.39, 0.29) is 18.0 Å². The molecule has 2 aromatic carbocycles. The van der Waals surface area contributed by atoms with Crippen LogP contribution in [-0.4, -0.2) is 17.7 Å². The first-order valence-electron chi connectivity index (χ1n) is 9.79. The first kappa shape index (κ1) is 19.5. The van der Waals surface area contributed by atoms with Crippen molar-refractivity contribution < 1.29 is 4.79 Å². The van der Waals surface area contributed by atoms with Crippen LogP contribution in [0.5, 0.6) is 0 Å². The van der Waals surface area contributed by atoms with Crippen molar-refractivity contribution in [3.63, 3.8) is 0 Å². The van der Waals surface area contributed by atoms with Gasteiger partial charge in [-0.2, -0.15) is 5.10 Å². The highest BCUT2D eigenvalue weighted by Crippen LogP contribution is 2.38. The van der Waals surface area contributed by atoms with Crippen LogP contribution in [0, 0.1) is 0 Å². The average molecular weight is 461 g/mol. The molecule has 1 amide bonds. The second-order valence-corrected chi connectivity index (χ2v) is 8.75. The van der Waals surface area contributed by atoms with Crippen molar-refractivity contribution in [2.75, 3.05) is 5.01 Å². The second kappa shape index (κ2) is 8.66. The van der Waals surface area contributed by atoms with Gasteiger partial charge in [0.05, 0.1) is 16.8 Å². The van der Waals surface area contributed by atoms with Gasteiger partial charge in [0, 0.05) is 16.9 Å². The van der Waals surface area contributed by atoms with Gasteiger partial charge in [-0.05, 0) is 42.7 Å². The normalized spacial score (nSPS) is 20.1. The summed E-state index contributed by atoms with van der Waals surface area (Å²) in [5.74, 6) is -0.0523. The zero-order valence-corrected chi connectivity index (χ0v) is 17.9. The van der Waals surface area contributed by atoms with Crippen molar-refractivity contribution in [3.8, 4) is 0 Å². The summed E-state index contributed by atoms with van der Waals surface area (Å²) in [6, 6.07) is 16.0. The number of carbonyl (C=O) groups is 1. The van der Waals surface area contributed by atoms with Gasteiger partial charge in [-0.1, -0.05) is 71.1 Å². The number of rotatable bonds is 4. The van der Waals surface area contributed by atoms with E-state index in [4.69, 9.17) is 16.7 Å². The molecule has 28 heavy (non-hydrogen) atoms. The second-order valence-electron chi connectivity index (χ2n) is 7.42. The fraction of sp³-hybridized carbons (Fsp3) is 0.364. The lowest BCUT2D eigenvalue weighted by atomic mass is 9.95. The van der Waals surface area contributed by atoms with E-state index in [2.05, 4.69) is 33.4 Å². The molecular formula is C22H23BrClN3O. The molecule has 1 saturated carbocycles. The van der Waals surface area contributed by atoms with Gasteiger partial charge in [-0.15, -0.1) is 0 Å². The number of hydrogen-bond acceptors (Lipinski definition) is 3. The Bertz CT molecular complexity index is 878. The van der Waals surface area contributed by atoms with Crippen molar-refractivity contribution in [3.05, 3.63) is 63.6 Å². The summed E-state index contributed by atoms with van der Waals surface area (Å²) in [5, 5.41) is 10.4. The third-order valence-electron chi connectivity index (χ3n) is 5.47. The van der Waals surface area contributed by atoms with E-state index in [1.807, 2.05) is 41.4 Å². The highest BCUT2D eigenvalue weighted by molar-refractivity contribution is 9.10. The maximum absolute atomic E-state index is 12.9. The van der Waals surface area contributed by atoms with Gasteiger partial charge in [0.15, 0.2) is 0 Å². The van der Waals surface area contributed by atoms with Crippen LogP contribution in [0.15, 0.2) is 58.1 Å². The average Bonchev–Trinajstić information content (AvgIpc) is 3.15. The van der Waals surface area contributed by atoms with Crippen molar-refractivity contribution in [1.82, 2.24) is 5.32 Å². The van der Waals surface area contributed by atoms with E-state index in [0.29, 0.717) is 17.2 Å². The molecule has 1 aliphatic carbocycles. The molecule has 1 N–H and O–H groups in total. The fourth-order valence-corrected chi connectivity index (χ4v) is 4.45. The maximum Gasteiger partial charge on any atom is 0.267 e. The van der Waals surface area contributed by atoms with Gasteiger partial charge in [-0.25, -0.2) is 0 Å². The fourth-order valence-electron chi connectivity index (χ4n) is 3.97. The zero-order chi connectivity index (χ0) is 19.5. The smallest absolute Gasteiger partial charge is 0.267 e. The van der Waals surface area contributed by atoms with Crippen LogP contribution < -0.4 is 10.3 Å². The summed E-state index contributed by atoms with van der Waals surface area (Å²) >= 11 is 9.93. The number of para-hydroxylation sites is 1. The number of hydrazone groups is 1.